The average Bonchev–Trinajstić information content (AvgIpc) is 2.75. The van der Waals surface area contributed by atoms with Crippen LogP contribution in [-0.4, -0.2) is 28.8 Å². The summed E-state index contributed by atoms with van der Waals surface area (Å²) in [6.45, 7) is 3.87. The number of carbonyl (C=O) groups excluding carboxylic acids is 1. The van der Waals surface area contributed by atoms with Crippen molar-refractivity contribution in [1.29, 1.82) is 0 Å². The molecule has 0 aliphatic carbocycles. The first-order chi connectivity index (χ1) is 8.16. The SMILES string of the molecule is CCC1(C(=O)Nc2cnn(C)c2)CCCNC1. The number of nitrogens with zero attached hydrogens (tertiary/aromatic N) is 2. The van der Waals surface area contributed by atoms with Crippen LogP contribution in [0, 0.1) is 5.41 Å². The lowest BCUT2D eigenvalue weighted by Crippen LogP contribution is -2.47. The van der Waals surface area contributed by atoms with Gasteiger partial charge in [-0.2, -0.15) is 5.10 Å². The zero-order valence-corrected chi connectivity index (χ0v) is 10.5. The third-order valence-electron chi connectivity index (χ3n) is 3.59. The van der Waals surface area contributed by atoms with E-state index in [0.717, 1.165) is 38.0 Å². The van der Waals surface area contributed by atoms with Crippen LogP contribution < -0.4 is 10.6 Å². The van der Waals surface area contributed by atoms with Gasteiger partial charge in [0.1, 0.15) is 0 Å². The van der Waals surface area contributed by atoms with Gasteiger partial charge in [-0.25, -0.2) is 0 Å². The lowest BCUT2D eigenvalue weighted by atomic mass is 9.77. The molecule has 2 rings (SSSR count). The number of nitrogens with one attached hydrogen (secondary N) is 2. The summed E-state index contributed by atoms with van der Waals surface area (Å²) in [5, 5.41) is 10.3. The molecule has 0 spiro atoms. The molecule has 94 valence electrons. The minimum atomic E-state index is -0.256. The number of aryl methyl sites for hydroxylation is 1. The maximum absolute atomic E-state index is 12.3. The second kappa shape index (κ2) is 4.87. The fourth-order valence-electron chi connectivity index (χ4n) is 2.37. The highest BCUT2D eigenvalue weighted by molar-refractivity contribution is 5.95. The molecule has 0 saturated carbocycles. The lowest BCUT2D eigenvalue weighted by molar-refractivity contribution is -0.126. The Bertz CT molecular complexity index is 393. The molecule has 1 unspecified atom stereocenters. The third-order valence-corrected chi connectivity index (χ3v) is 3.59. The molecule has 1 amide bonds. The molecule has 1 fully saturated rings. The number of aromatic nitrogens is 2. The van der Waals surface area contributed by atoms with Crippen molar-refractivity contribution in [3.63, 3.8) is 0 Å². The summed E-state index contributed by atoms with van der Waals surface area (Å²) < 4.78 is 1.69. The molecule has 1 aliphatic heterocycles. The number of hydrogen-bond acceptors (Lipinski definition) is 3. The van der Waals surface area contributed by atoms with Gasteiger partial charge in [0, 0.05) is 19.8 Å². The topological polar surface area (TPSA) is 59.0 Å². The van der Waals surface area contributed by atoms with Crippen molar-refractivity contribution in [3.05, 3.63) is 12.4 Å². The largest absolute Gasteiger partial charge is 0.323 e. The highest BCUT2D eigenvalue weighted by atomic mass is 16.2. The van der Waals surface area contributed by atoms with Crippen LogP contribution in [0.15, 0.2) is 12.4 Å². The summed E-state index contributed by atoms with van der Waals surface area (Å²) in [5.74, 6) is 0.111. The molecule has 5 nitrogen and oxygen atoms in total. The van der Waals surface area contributed by atoms with Gasteiger partial charge in [-0.05, 0) is 25.8 Å². The van der Waals surface area contributed by atoms with Crippen LogP contribution in [-0.2, 0) is 11.8 Å². The van der Waals surface area contributed by atoms with Crippen molar-refractivity contribution in [2.75, 3.05) is 18.4 Å². The standard InChI is InChI=1S/C12H20N4O/c1-3-12(5-4-6-13-9-12)11(17)15-10-7-14-16(2)8-10/h7-8,13H,3-6,9H2,1-2H3,(H,15,17). The lowest BCUT2D eigenvalue weighted by Gasteiger charge is -2.35. The van der Waals surface area contributed by atoms with Gasteiger partial charge in [0.15, 0.2) is 0 Å². The van der Waals surface area contributed by atoms with Gasteiger partial charge in [-0.3, -0.25) is 9.48 Å². The van der Waals surface area contributed by atoms with Gasteiger partial charge in [0.05, 0.1) is 17.3 Å². The molecule has 2 heterocycles. The van der Waals surface area contributed by atoms with Crippen LogP contribution in [0.25, 0.3) is 0 Å². The first-order valence-electron chi connectivity index (χ1n) is 6.17. The Morgan fingerprint density at radius 1 is 1.71 bits per heavy atom. The van der Waals surface area contributed by atoms with Crippen LogP contribution >= 0.6 is 0 Å². The van der Waals surface area contributed by atoms with Crippen LogP contribution in [0.4, 0.5) is 5.69 Å². The minimum absolute atomic E-state index is 0.111. The van der Waals surface area contributed by atoms with E-state index in [1.807, 2.05) is 13.2 Å². The summed E-state index contributed by atoms with van der Waals surface area (Å²) in [5.41, 5.74) is 0.518. The van der Waals surface area contributed by atoms with E-state index in [-0.39, 0.29) is 11.3 Å². The van der Waals surface area contributed by atoms with E-state index in [9.17, 15) is 4.79 Å². The molecule has 0 aromatic carbocycles. The molecule has 1 atom stereocenters. The quantitative estimate of drug-likeness (QED) is 0.827. The Morgan fingerprint density at radius 3 is 3.06 bits per heavy atom. The van der Waals surface area contributed by atoms with Crippen molar-refractivity contribution in [2.45, 2.75) is 26.2 Å². The predicted octanol–water partition coefficient (Wildman–Crippen LogP) is 1.14. The Labute approximate surface area is 102 Å². The van der Waals surface area contributed by atoms with Crippen molar-refractivity contribution < 1.29 is 4.79 Å². The minimum Gasteiger partial charge on any atom is -0.323 e. The van der Waals surface area contributed by atoms with Crippen LogP contribution in [0.2, 0.25) is 0 Å². The maximum Gasteiger partial charge on any atom is 0.231 e. The Kier molecular flexibility index (Phi) is 3.47. The number of piperidine rings is 1. The number of hydrogen-bond donors (Lipinski definition) is 2. The number of carbonyl (C=O) groups is 1. The Balaban J connectivity index is 2.07. The molecule has 1 aliphatic rings. The van der Waals surface area contributed by atoms with E-state index < -0.39 is 0 Å². The van der Waals surface area contributed by atoms with E-state index in [2.05, 4.69) is 22.7 Å². The van der Waals surface area contributed by atoms with E-state index in [0.29, 0.717) is 0 Å². The maximum atomic E-state index is 12.3. The second-order valence-corrected chi connectivity index (χ2v) is 4.77. The molecular weight excluding hydrogens is 216 g/mol. The first kappa shape index (κ1) is 12.1. The molecule has 0 radical (unpaired) electrons. The van der Waals surface area contributed by atoms with Gasteiger partial charge >= 0.3 is 0 Å². The Morgan fingerprint density at radius 2 is 2.53 bits per heavy atom. The van der Waals surface area contributed by atoms with Gasteiger partial charge in [0.25, 0.3) is 0 Å². The smallest absolute Gasteiger partial charge is 0.231 e. The van der Waals surface area contributed by atoms with E-state index in [1.54, 1.807) is 10.9 Å². The van der Waals surface area contributed by atoms with Gasteiger partial charge in [-0.15, -0.1) is 0 Å². The van der Waals surface area contributed by atoms with Gasteiger partial charge in [0.2, 0.25) is 5.91 Å². The Hall–Kier alpha value is -1.36. The molecule has 1 aromatic rings. The third kappa shape index (κ3) is 2.49. The van der Waals surface area contributed by atoms with E-state index in [1.165, 1.54) is 0 Å². The van der Waals surface area contributed by atoms with E-state index >= 15 is 0 Å². The van der Waals surface area contributed by atoms with Crippen molar-refractivity contribution >= 4 is 11.6 Å². The summed E-state index contributed by atoms with van der Waals surface area (Å²) in [4.78, 5) is 12.3. The van der Waals surface area contributed by atoms with Crippen molar-refractivity contribution in [3.8, 4) is 0 Å². The number of anilines is 1. The van der Waals surface area contributed by atoms with Crippen LogP contribution in [0.1, 0.15) is 26.2 Å². The predicted molar refractivity (Wildman–Crippen MR) is 66.7 cm³/mol. The summed E-state index contributed by atoms with van der Waals surface area (Å²) >= 11 is 0. The monoisotopic (exact) mass is 236 g/mol. The van der Waals surface area contributed by atoms with Crippen LogP contribution in [0.5, 0.6) is 0 Å². The number of amides is 1. The average molecular weight is 236 g/mol. The van der Waals surface area contributed by atoms with Crippen molar-refractivity contribution in [1.82, 2.24) is 15.1 Å². The molecule has 0 bridgehead atoms. The zero-order valence-electron chi connectivity index (χ0n) is 10.5. The fraction of sp³-hybridized carbons (Fsp3) is 0.667. The first-order valence-corrected chi connectivity index (χ1v) is 6.17. The summed E-state index contributed by atoms with van der Waals surface area (Å²) in [7, 11) is 1.84. The highest BCUT2D eigenvalue weighted by Gasteiger charge is 2.37. The number of rotatable bonds is 3. The summed E-state index contributed by atoms with van der Waals surface area (Å²) in [6, 6.07) is 0. The molecule has 17 heavy (non-hydrogen) atoms. The van der Waals surface area contributed by atoms with Gasteiger partial charge < -0.3 is 10.6 Å². The zero-order chi connectivity index (χ0) is 12.3. The normalized spacial score (nSPS) is 24.6. The highest BCUT2D eigenvalue weighted by Crippen LogP contribution is 2.31. The summed E-state index contributed by atoms with van der Waals surface area (Å²) in [6.07, 6.45) is 6.39. The molecule has 5 heteroatoms. The van der Waals surface area contributed by atoms with Gasteiger partial charge in [-0.1, -0.05) is 6.92 Å². The van der Waals surface area contributed by atoms with Crippen molar-refractivity contribution in [2.24, 2.45) is 12.5 Å². The van der Waals surface area contributed by atoms with Crippen LogP contribution in [0.3, 0.4) is 0 Å². The molecular formula is C12H20N4O. The molecule has 1 aromatic heterocycles. The fourth-order valence-corrected chi connectivity index (χ4v) is 2.37. The second-order valence-electron chi connectivity index (χ2n) is 4.77. The van der Waals surface area contributed by atoms with E-state index in [4.69, 9.17) is 0 Å². The molecule has 1 saturated heterocycles. The molecule has 2 N–H and O–H groups in total.